The fourth-order valence-electron chi connectivity index (χ4n) is 2.75. The highest BCUT2D eigenvalue weighted by molar-refractivity contribution is 8.15. The number of amidine groups is 1. The van der Waals surface area contributed by atoms with Gasteiger partial charge >= 0.3 is 0 Å². The Bertz CT molecular complexity index is 902. The van der Waals surface area contributed by atoms with E-state index in [4.69, 9.17) is 11.6 Å². The molecule has 1 aliphatic heterocycles. The summed E-state index contributed by atoms with van der Waals surface area (Å²) < 4.78 is 0. The maximum atomic E-state index is 12.6. The number of aliphatic imine (C=N–C) groups is 1. The Morgan fingerprint density at radius 1 is 1.29 bits per heavy atom. The van der Waals surface area contributed by atoms with Crippen LogP contribution in [0.15, 0.2) is 53.5 Å². The number of hydrogen-bond donors (Lipinski definition) is 1. The van der Waals surface area contributed by atoms with Gasteiger partial charge in [0.05, 0.1) is 10.9 Å². The number of nitrogens with zero attached hydrogens (tertiary/aromatic N) is 2. The smallest absolute Gasteiger partial charge is 0.234 e. The normalized spacial score (nSPS) is 18.4. The highest BCUT2D eigenvalue weighted by atomic mass is 35.5. The fourth-order valence-corrected chi connectivity index (χ4v) is 4.01. The Kier molecular flexibility index (Phi) is 6.75. The van der Waals surface area contributed by atoms with Crippen molar-refractivity contribution < 1.29 is 9.59 Å². The zero-order chi connectivity index (χ0) is 20.1. The molecule has 2 aromatic carbocycles. The van der Waals surface area contributed by atoms with Gasteiger partial charge in [0.2, 0.25) is 11.8 Å². The lowest BCUT2D eigenvalue weighted by Gasteiger charge is -2.28. The molecule has 1 saturated heterocycles. The maximum absolute atomic E-state index is 12.6. The zero-order valence-corrected chi connectivity index (χ0v) is 17.4. The van der Waals surface area contributed by atoms with E-state index >= 15 is 0 Å². The summed E-state index contributed by atoms with van der Waals surface area (Å²) in [4.78, 5) is 30.9. The number of rotatable bonds is 5. The van der Waals surface area contributed by atoms with Crippen molar-refractivity contribution >= 4 is 46.0 Å². The molecule has 0 aliphatic carbocycles. The van der Waals surface area contributed by atoms with E-state index in [9.17, 15) is 9.59 Å². The second-order valence-electron chi connectivity index (χ2n) is 6.62. The SMILES string of the molecule is Cc1ccc(N=C2S[C@H](C(=O)NCCc3ccccc3)CC(=O)N2C)cc1Cl. The molecule has 0 radical (unpaired) electrons. The number of carbonyl (C=O) groups excluding carboxylic acids is 2. The van der Waals surface area contributed by atoms with E-state index in [2.05, 4.69) is 10.3 Å². The highest BCUT2D eigenvalue weighted by Crippen LogP contribution is 2.29. The third-order valence-electron chi connectivity index (χ3n) is 4.50. The quantitative estimate of drug-likeness (QED) is 0.804. The van der Waals surface area contributed by atoms with Crippen LogP contribution < -0.4 is 5.32 Å². The minimum absolute atomic E-state index is 0.126. The van der Waals surface area contributed by atoms with Crippen LogP contribution in [-0.4, -0.2) is 40.7 Å². The van der Waals surface area contributed by atoms with Crippen molar-refractivity contribution in [2.45, 2.75) is 25.0 Å². The predicted octanol–water partition coefficient (Wildman–Crippen LogP) is 3.96. The maximum Gasteiger partial charge on any atom is 0.234 e. The van der Waals surface area contributed by atoms with Gasteiger partial charge in [-0.2, -0.15) is 0 Å². The van der Waals surface area contributed by atoms with E-state index in [1.165, 1.54) is 16.7 Å². The van der Waals surface area contributed by atoms with Crippen LogP contribution in [0, 0.1) is 6.92 Å². The molecule has 1 atom stereocenters. The molecular formula is C21H22ClN3O2S. The zero-order valence-electron chi connectivity index (χ0n) is 15.8. The molecule has 1 heterocycles. The Balaban J connectivity index is 1.65. The third kappa shape index (κ3) is 5.14. The summed E-state index contributed by atoms with van der Waals surface area (Å²) in [7, 11) is 1.67. The number of halogens is 1. The van der Waals surface area contributed by atoms with Gasteiger partial charge in [0.15, 0.2) is 5.17 Å². The number of aryl methyl sites for hydroxylation is 1. The Morgan fingerprint density at radius 3 is 2.75 bits per heavy atom. The summed E-state index contributed by atoms with van der Waals surface area (Å²) in [6, 6.07) is 15.4. The van der Waals surface area contributed by atoms with Crippen molar-refractivity contribution in [2.75, 3.05) is 13.6 Å². The van der Waals surface area contributed by atoms with Gasteiger partial charge in [-0.05, 0) is 36.6 Å². The van der Waals surface area contributed by atoms with Gasteiger partial charge in [-0.15, -0.1) is 0 Å². The van der Waals surface area contributed by atoms with Crippen LogP contribution in [0.5, 0.6) is 0 Å². The molecular weight excluding hydrogens is 394 g/mol. The van der Waals surface area contributed by atoms with Gasteiger partial charge in [-0.25, -0.2) is 4.99 Å². The van der Waals surface area contributed by atoms with Crippen LogP contribution >= 0.6 is 23.4 Å². The molecule has 2 aromatic rings. The molecule has 0 aromatic heterocycles. The molecule has 0 bridgehead atoms. The highest BCUT2D eigenvalue weighted by Gasteiger charge is 2.33. The second-order valence-corrected chi connectivity index (χ2v) is 8.19. The molecule has 1 N–H and O–H groups in total. The molecule has 2 amide bonds. The average Bonchev–Trinajstić information content (AvgIpc) is 2.69. The monoisotopic (exact) mass is 415 g/mol. The van der Waals surface area contributed by atoms with Gasteiger partial charge in [0.25, 0.3) is 0 Å². The van der Waals surface area contributed by atoms with Crippen LogP contribution in [0.1, 0.15) is 17.5 Å². The van der Waals surface area contributed by atoms with E-state index in [1.54, 1.807) is 13.1 Å². The second kappa shape index (κ2) is 9.26. The molecule has 0 spiro atoms. The summed E-state index contributed by atoms with van der Waals surface area (Å²) in [5.41, 5.74) is 2.78. The topological polar surface area (TPSA) is 61.8 Å². The minimum atomic E-state index is -0.487. The van der Waals surface area contributed by atoms with Crippen LogP contribution in [0.3, 0.4) is 0 Å². The van der Waals surface area contributed by atoms with Crippen molar-refractivity contribution in [3.63, 3.8) is 0 Å². The van der Waals surface area contributed by atoms with E-state index in [0.717, 1.165) is 17.5 Å². The van der Waals surface area contributed by atoms with Crippen molar-refractivity contribution in [1.29, 1.82) is 0 Å². The Labute approximate surface area is 174 Å². The van der Waals surface area contributed by atoms with E-state index in [0.29, 0.717) is 22.4 Å². The largest absolute Gasteiger partial charge is 0.355 e. The summed E-state index contributed by atoms with van der Waals surface area (Å²) in [6.07, 6.45) is 0.909. The van der Waals surface area contributed by atoms with Crippen LogP contribution in [-0.2, 0) is 16.0 Å². The van der Waals surface area contributed by atoms with Crippen LogP contribution in [0.4, 0.5) is 5.69 Å². The van der Waals surface area contributed by atoms with Crippen molar-refractivity contribution in [3.05, 3.63) is 64.7 Å². The first kappa shape index (κ1) is 20.4. The molecule has 0 unspecified atom stereocenters. The average molecular weight is 416 g/mol. The number of carbonyl (C=O) groups is 2. The first-order valence-corrected chi connectivity index (χ1v) is 10.3. The molecule has 146 valence electrons. The number of thioether (sulfide) groups is 1. The van der Waals surface area contributed by atoms with Gasteiger partial charge in [0.1, 0.15) is 0 Å². The predicted molar refractivity (Wildman–Crippen MR) is 115 cm³/mol. The lowest BCUT2D eigenvalue weighted by molar-refractivity contribution is -0.129. The number of nitrogens with one attached hydrogen (secondary N) is 1. The van der Waals surface area contributed by atoms with Gasteiger partial charge in [0, 0.05) is 25.0 Å². The molecule has 1 aliphatic rings. The van der Waals surface area contributed by atoms with E-state index < -0.39 is 5.25 Å². The first-order valence-electron chi connectivity index (χ1n) is 9.03. The number of benzene rings is 2. The van der Waals surface area contributed by atoms with Crippen molar-refractivity contribution in [1.82, 2.24) is 10.2 Å². The van der Waals surface area contributed by atoms with Gasteiger partial charge in [-0.1, -0.05) is 59.8 Å². The van der Waals surface area contributed by atoms with E-state index in [-0.39, 0.29) is 18.2 Å². The summed E-state index contributed by atoms with van der Waals surface area (Å²) >= 11 is 7.47. The Hall–Kier alpha value is -2.31. The lowest BCUT2D eigenvalue weighted by Crippen LogP contribution is -2.45. The molecule has 5 nitrogen and oxygen atoms in total. The summed E-state index contributed by atoms with van der Waals surface area (Å²) in [5.74, 6) is -0.268. The molecule has 3 rings (SSSR count). The first-order chi connectivity index (χ1) is 13.4. The fraction of sp³-hybridized carbons (Fsp3) is 0.286. The molecule has 28 heavy (non-hydrogen) atoms. The Morgan fingerprint density at radius 2 is 2.04 bits per heavy atom. The van der Waals surface area contributed by atoms with Crippen molar-refractivity contribution in [3.8, 4) is 0 Å². The molecule has 1 fully saturated rings. The lowest BCUT2D eigenvalue weighted by atomic mass is 10.1. The minimum Gasteiger partial charge on any atom is -0.355 e. The van der Waals surface area contributed by atoms with E-state index in [1.807, 2.05) is 49.4 Å². The standard InChI is InChI=1S/C21H22ClN3O2S/c1-14-8-9-16(12-17(14)22)24-21-25(2)19(26)13-18(28-21)20(27)23-11-10-15-6-4-3-5-7-15/h3-9,12,18H,10-11,13H2,1-2H3,(H,23,27)/t18-/m0/s1. The van der Waals surface area contributed by atoms with Crippen LogP contribution in [0.25, 0.3) is 0 Å². The number of hydrogen-bond acceptors (Lipinski definition) is 4. The third-order valence-corrected chi connectivity index (χ3v) is 6.15. The summed E-state index contributed by atoms with van der Waals surface area (Å²) in [5, 5.41) is 3.56. The number of amides is 2. The van der Waals surface area contributed by atoms with Gasteiger partial charge in [-0.3, -0.25) is 14.5 Å². The van der Waals surface area contributed by atoms with Crippen molar-refractivity contribution in [2.24, 2.45) is 4.99 Å². The van der Waals surface area contributed by atoms with Gasteiger partial charge < -0.3 is 5.32 Å². The van der Waals surface area contributed by atoms with Crippen LogP contribution in [0.2, 0.25) is 5.02 Å². The molecule has 0 saturated carbocycles. The molecule has 7 heteroatoms. The summed E-state index contributed by atoms with van der Waals surface area (Å²) in [6.45, 7) is 2.45.